The van der Waals surface area contributed by atoms with Crippen LogP contribution in [-0.2, 0) is 12.7 Å². The molecule has 37 heavy (non-hydrogen) atoms. The number of benzene rings is 4. The number of nitrogens with two attached hydrogens (primary N) is 1. The van der Waals surface area contributed by atoms with Gasteiger partial charge in [0, 0.05) is 29.0 Å². The van der Waals surface area contributed by atoms with E-state index in [4.69, 9.17) is 5.73 Å². The summed E-state index contributed by atoms with van der Waals surface area (Å²) in [6, 6.07) is 24.9. The molecule has 0 aliphatic carbocycles. The minimum Gasteiger partial charge on any atom is -0.399 e. The Balaban J connectivity index is 0.00000380. The van der Waals surface area contributed by atoms with Gasteiger partial charge in [0.15, 0.2) is 0 Å². The molecule has 0 saturated heterocycles. The van der Waals surface area contributed by atoms with Crippen LogP contribution in [0.4, 0.5) is 24.5 Å². The third kappa shape index (κ3) is 6.89. The zero-order valence-electron chi connectivity index (χ0n) is 19.4. The van der Waals surface area contributed by atoms with Crippen LogP contribution in [-0.4, -0.2) is 11.8 Å². The normalized spacial score (nSPS) is 10.8. The number of nitrogen functional groups attached to an aromatic ring is 1. The molecule has 0 bridgehead atoms. The van der Waals surface area contributed by atoms with Gasteiger partial charge in [-0.1, -0.05) is 48.5 Å². The maximum absolute atomic E-state index is 13.1. The van der Waals surface area contributed by atoms with Crippen LogP contribution < -0.4 is 16.4 Å². The summed E-state index contributed by atoms with van der Waals surface area (Å²) in [5, 5.41) is 5.59. The quantitative estimate of drug-likeness (QED) is 0.249. The van der Waals surface area contributed by atoms with Gasteiger partial charge >= 0.3 is 6.18 Å². The Morgan fingerprint density at radius 3 is 2.14 bits per heavy atom. The molecule has 2 amide bonds. The van der Waals surface area contributed by atoms with E-state index >= 15 is 0 Å². The standard InChI is InChI=1S/C28H22F3N3O2.ClH/c29-28(30,31)21-12-10-19(11-13-21)24-6-1-2-7-25(24)27(36)34-23-5-3-4-20(16-23)26(35)33-17-18-8-14-22(32)15-9-18;/h1-16H,17,32H2,(H,33,35)(H,34,36);1H. The van der Waals surface area contributed by atoms with E-state index in [9.17, 15) is 22.8 Å². The number of hydrogen-bond donors (Lipinski definition) is 3. The highest BCUT2D eigenvalue weighted by Gasteiger charge is 2.30. The summed E-state index contributed by atoms with van der Waals surface area (Å²) < 4.78 is 38.7. The summed E-state index contributed by atoms with van der Waals surface area (Å²) >= 11 is 0. The highest BCUT2D eigenvalue weighted by molar-refractivity contribution is 6.09. The number of carbonyl (C=O) groups is 2. The Hall–Kier alpha value is -4.30. The second-order valence-electron chi connectivity index (χ2n) is 8.08. The number of hydrogen-bond acceptors (Lipinski definition) is 3. The highest BCUT2D eigenvalue weighted by Crippen LogP contribution is 2.32. The molecule has 4 aromatic rings. The molecule has 5 nitrogen and oxygen atoms in total. The molecule has 4 N–H and O–H groups in total. The average molecular weight is 526 g/mol. The molecule has 9 heteroatoms. The first kappa shape index (κ1) is 27.3. The highest BCUT2D eigenvalue weighted by atomic mass is 35.5. The molecular formula is C28H23ClF3N3O2. The molecule has 0 aliphatic rings. The summed E-state index contributed by atoms with van der Waals surface area (Å²) in [5.41, 5.74) is 8.45. The number of amides is 2. The third-order valence-electron chi connectivity index (χ3n) is 5.51. The smallest absolute Gasteiger partial charge is 0.399 e. The van der Waals surface area contributed by atoms with Crippen molar-refractivity contribution in [3.63, 3.8) is 0 Å². The molecule has 0 radical (unpaired) electrons. The van der Waals surface area contributed by atoms with E-state index in [1.807, 2.05) is 12.1 Å². The van der Waals surface area contributed by atoms with Crippen molar-refractivity contribution in [1.82, 2.24) is 5.32 Å². The first-order chi connectivity index (χ1) is 17.2. The maximum Gasteiger partial charge on any atom is 0.416 e. The van der Waals surface area contributed by atoms with Crippen molar-refractivity contribution >= 4 is 35.6 Å². The third-order valence-corrected chi connectivity index (χ3v) is 5.51. The Bertz CT molecular complexity index is 1390. The van der Waals surface area contributed by atoms with Gasteiger partial charge in [0.05, 0.1) is 5.56 Å². The molecule has 0 atom stereocenters. The maximum atomic E-state index is 13.1. The van der Waals surface area contributed by atoms with Crippen molar-refractivity contribution in [3.05, 3.63) is 119 Å². The number of halogens is 4. The molecule has 0 saturated carbocycles. The van der Waals surface area contributed by atoms with Crippen molar-refractivity contribution in [2.45, 2.75) is 12.7 Å². The van der Waals surface area contributed by atoms with E-state index in [0.717, 1.165) is 17.7 Å². The monoisotopic (exact) mass is 525 g/mol. The van der Waals surface area contributed by atoms with E-state index in [-0.39, 0.29) is 23.9 Å². The Morgan fingerprint density at radius 2 is 1.46 bits per heavy atom. The zero-order chi connectivity index (χ0) is 25.7. The summed E-state index contributed by atoms with van der Waals surface area (Å²) in [6.07, 6.45) is -4.44. The van der Waals surface area contributed by atoms with Crippen LogP contribution in [0.15, 0.2) is 97.1 Å². The lowest BCUT2D eigenvalue weighted by molar-refractivity contribution is -0.137. The zero-order valence-corrected chi connectivity index (χ0v) is 20.2. The van der Waals surface area contributed by atoms with Crippen LogP contribution in [0.1, 0.15) is 31.8 Å². The molecule has 0 aliphatic heterocycles. The Morgan fingerprint density at radius 1 is 0.784 bits per heavy atom. The number of anilines is 2. The first-order valence-corrected chi connectivity index (χ1v) is 11.0. The van der Waals surface area contributed by atoms with Crippen molar-refractivity contribution in [3.8, 4) is 11.1 Å². The van der Waals surface area contributed by atoms with Crippen LogP contribution in [0, 0.1) is 0 Å². The minimum atomic E-state index is -4.44. The van der Waals surface area contributed by atoms with Crippen LogP contribution in [0.5, 0.6) is 0 Å². The lowest BCUT2D eigenvalue weighted by atomic mass is 9.98. The van der Waals surface area contributed by atoms with Crippen molar-refractivity contribution in [2.75, 3.05) is 11.1 Å². The van der Waals surface area contributed by atoms with Gasteiger partial charge in [-0.25, -0.2) is 0 Å². The minimum absolute atomic E-state index is 0. The summed E-state index contributed by atoms with van der Waals surface area (Å²) in [7, 11) is 0. The van der Waals surface area contributed by atoms with Gasteiger partial charge in [0.1, 0.15) is 0 Å². The van der Waals surface area contributed by atoms with Crippen LogP contribution in [0.25, 0.3) is 11.1 Å². The van der Waals surface area contributed by atoms with Crippen molar-refractivity contribution in [1.29, 1.82) is 0 Å². The van der Waals surface area contributed by atoms with Crippen molar-refractivity contribution in [2.24, 2.45) is 0 Å². The van der Waals surface area contributed by atoms with Gasteiger partial charge in [-0.05, 0) is 65.2 Å². The number of alkyl halides is 3. The molecule has 0 heterocycles. The fourth-order valence-electron chi connectivity index (χ4n) is 3.63. The SMILES string of the molecule is Cl.Nc1ccc(CNC(=O)c2cccc(NC(=O)c3ccccc3-c3ccc(C(F)(F)F)cc3)c2)cc1. The van der Waals surface area contributed by atoms with E-state index < -0.39 is 17.6 Å². The van der Waals surface area contributed by atoms with E-state index in [1.165, 1.54) is 12.1 Å². The van der Waals surface area contributed by atoms with Crippen LogP contribution >= 0.6 is 12.4 Å². The van der Waals surface area contributed by atoms with Gasteiger partial charge in [-0.15, -0.1) is 12.4 Å². The number of nitrogens with one attached hydrogen (secondary N) is 2. The van der Waals surface area contributed by atoms with Crippen LogP contribution in [0.3, 0.4) is 0 Å². The molecule has 4 rings (SSSR count). The second kappa shape index (κ2) is 11.6. The predicted octanol–water partition coefficient (Wildman–Crippen LogP) is 6.56. The molecule has 0 aromatic heterocycles. The lowest BCUT2D eigenvalue weighted by Crippen LogP contribution is -2.23. The Kier molecular flexibility index (Phi) is 8.57. The van der Waals surface area contributed by atoms with Crippen molar-refractivity contribution < 1.29 is 22.8 Å². The van der Waals surface area contributed by atoms with E-state index in [0.29, 0.717) is 34.6 Å². The van der Waals surface area contributed by atoms with E-state index in [1.54, 1.807) is 60.7 Å². The van der Waals surface area contributed by atoms with Gasteiger partial charge in [-0.3, -0.25) is 9.59 Å². The predicted molar refractivity (Wildman–Crippen MR) is 141 cm³/mol. The van der Waals surface area contributed by atoms with Gasteiger partial charge < -0.3 is 16.4 Å². The summed E-state index contributed by atoms with van der Waals surface area (Å²) in [4.78, 5) is 25.7. The molecule has 4 aromatic carbocycles. The molecule has 0 spiro atoms. The molecular weight excluding hydrogens is 503 g/mol. The topological polar surface area (TPSA) is 84.2 Å². The fourth-order valence-corrected chi connectivity index (χ4v) is 3.63. The van der Waals surface area contributed by atoms with Gasteiger partial charge in [-0.2, -0.15) is 13.2 Å². The van der Waals surface area contributed by atoms with Gasteiger partial charge in [0.25, 0.3) is 11.8 Å². The number of carbonyl (C=O) groups excluding carboxylic acids is 2. The molecule has 0 fully saturated rings. The fraction of sp³-hybridized carbons (Fsp3) is 0.0714. The average Bonchev–Trinajstić information content (AvgIpc) is 2.88. The summed E-state index contributed by atoms with van der Waals surface area (Å²) in [6.45, 7) is 0.316. The summed E-state index contributed by atoms with van der Waals surface area (Å²) in [5.74, 6) is -0.766. The first-order valence-electron chi connectivity index (χ1n) is 11.0. The lowest BCUT2D eigenvalue weighted by Gasteiger charge is -2.13. The molecule has 190 valence electrons. The largest absolute Gasteiger partial charge is 0.416 e. The second-order valence-corrected chi connectivity index (χ2v) is 8.08. The van der Waals surface area contributed by atoms with Crippen LogP contribution in [0.2, 0.25) is 0 Å². The Labute approximate surface area is 217 Å². The number of rotatable bonds is 6. The van der Waals surface area contributed by atoms with Gasteiger partial charge in [0.2, 0.25) is 0 Å². The van der Waals surface area contributed by atoms with E-state index in [2.05, 4.69) is 10.6 Å². The molecule has 0 unspecified atom stereocenters.